The number of benzene rings is 1. The summed E-state index contributed by atoms with van der Waals surface area (Å²) in [6.07, 6.45) is 6.73. The number of rotatable bonds is 3. The van der Waals surface area contributed by atoms with Crippen LogP contribution in [-0.4, -0.2) is 52.9 Å². The van der Waals surface area contributed by atoms with E-state index in [1.54, 1.807) is 4.90 Å². The van der Waals surface area contributed by atoms with Gasteiger partial charge in [-0.05, 0) is 94.8 Å². The zero-order valence-electron chi connectivity index (χ0n) is 19.5. The number of likely N-dealkylation sites (tertiary alicyclic amines) is 2. The van der Waals surface area contributed by atoms with Gasteiger partial charge in [0.2, 0.25) is 5.91 Å². The number of hydrogen-bond acceptors (Lipinski definition) is 3. The van der Waals surface area contributed by atoms with E-state index in [1.165, 1.54) is 11.1 Å². The Morgan fingerprint density at radius 3 is 2.46 bits per heavy atom. The molecule has 6 nitrogen and oxygen atoms in total. The smallest absolute Gasteiger partial charge is 0.314 e. The molecule has 1 aliphatic carbocycles. The molecule has 3 heterocycles. The Labute approximate surface area is 224 Å². The lowest BCUT2D eigenvalue weighted by atomic mass is 9.76. The maximum absolute atomic E-state index is 13.0. The van der Waals surface area contributed by atoms with Crippen molar-refractivity contribution in [3.63, 3.8) is 0 Å². The Morgan fingerprint density at radius 2 is 1.74 bits per heavy atom. The SMILES string of the molecule is NC(=O)N1CC[C@@H](CC(=O)N2CCC([C@H]3c4ncc(Br)cc4CCc4cc(Cl)cc(Cl)c43)CC2)C1. The lowest BCUT2D eigenvalue weighted by Crippen LogP contribution is -2.41. The molecule has 35 heavy (non-hydrogen) atoms. The van der Waals surface area contributed by atoms with Gasteiger partial charge < -0.3 is 15.5 Å². The number of aryl methyl sites for hydroxylation is 2. The molecule has 2 N–H and O–H groups in total. The second-order valence-corrected chi connectivity index (χ2v) is 11.8. The molecule has 0 radical (unpaired) electrons. The van der Waals surface area contributed by atoms with Crippen molar-refractivity contribution in [1.29, 1.82) is 0 Å². The van der Waals surface area contributed by atoms with Crippen LogP contribution in [0.4, 0.5) is 4.79 Å². The highest BCUT2D eigenvalue weighted by Crippen LogP contribution is 2.46. The summed E-state index contributed by atoms with van der Waals surface area (Å²) in [7, 11) is 0. The van der Waals surface area contributed by atoms with Crippen LogP contribution in [0.1, 0.15) is 54.0 Å². The summed E-state index contributed by atoms with van der Waals surface area (Å²) in [5.74, 6) is 0.781. The highest BCUT2D eigenvalue weighted by molar-refractivity contribution is 9.10. The third-order valence-corrected chi connectivity index (χ3v) is 8.81. The van der Waals surface area contributed by atoms with Gasteiger partial charge in [-0.2, -0.15) is 0 Å². The minimum atomic E-state index is -0.398. The topological polar surface area (TPSA) is 79.5 Å². The number of pyridine rings is 1. The Morgan fingerprint density at radius 1 is 1.03 bits per heavy atom. The molecule has 2 aromatic rings. The highest BCUT2D eigenvalue weighted by atomic mass is 79.9. The quantitative estimate of drug-likeness (QED) is 0.528. The summed E-state index contributed by atoms with van der Waals surface area (Å²) < 4.78 is 0.979. The van der Waals surface area contributed by atoms with E-state index in [9.17, 15) is 9.59 Å². The molecule has 3 amide bonds. The fourth-order valence-corrected chi connectivity index (χ4v) is 7.12. The van der Waals surface area contributed by atoms with Gasteiger partial charge in [0.05, 0.1) is 5.69 Å². The first kappa shape index (κ1) is 24.8. The third kappa shape index (κ3) is 5.18. The number of carbonyl (C=O) groups is 2. The van der Waals surface area contributed by atoms with Gasteiger partial charge in [0.25, 0.3) is 0 Å². The molecule has 0 saturated carbocycles. The van der Waals surface area contributed by atoms with E-state index < -0.39 is 6.03 Å². The largest absolute Gasteiger partial charge is 0.351 e. The average Bonchev–Trinajstić information content (AvgIpc) is 3.23. The Hall–Kier alpha value is -1.83. The van der Waals surface area contributed by atoms with Gasteiger partial charge in [-0.15, -0.1) is 0 Å². The van der Waals surface area contributed by atoms with E-state index >= 15 is 0 Å². The molecule has 2 fully saturated rings. The van der Waals surface area contributed by atoms with E-state index in [0.29, 0.717) is 35.5 Å². The molecular weight excluding hydrogens is 551 g/mol. The van der Waals surface area contributed by atoms with Crippen molar-refractivity contribution in [1.82, 2.24) is 14.8 Å². The summed E-state index contributed by atoms with van der Waals surface area (Å²) in [6, 6.07) is 5.66. The molecule has 2 atom stereocenters. The summed E-state index contributed by atoms with van der Waals surface area (Å²) in [6.45, 7) is 2.66. The zero-order valence-corrected chi connectivity index (χ0v) is 22.6. The number of halogens is 3. The van der Waals surface area contributed by atoms with E-state index in [1.807, 2.05) is 23.2 Å². The van der Waals surface area contributed by atoms with Gasteiger partial charge in [0.1, 0.15) is 0 Å². The van der Waals surface area contributed by atoms with Crippen LogP contribution in [0.25, 0.3) is 0 Å². The van der Waals surface area contributed by atoms with Crippen LogP contribution in [-0.2, 0) is 17.6 Å². The first-order chi connectivity index (χ1) is 16.8. The van der Waals surface area contributed by atoms with Crippen molar-refractivity contribution in [3.8, 4) is 0 Å². The number of fused-ring (bicyclic) bond motifs is 2. The van der Waals surface area contributed by atoms with Crippen LogP contribution in [0.2, 0.25) is 10.0 Å². The van der Waals surface area contributed by atoms with Gasteiger partial charge in [0, 0.05) is 59.2 Å². The van der Waals surface area contributed by atoms with Gasteiger partial charge in [0.15, 0.2) is 0 Å². The van der Waals surface area contributed by atoms with Crippen LogP contribution < -0.4 is 5.73 Å². The lowest BCUT2D eigenvalue weighted by Gasteiger charge is -2.37. The van der Waals surface area contributed by atoms with Crippen molar-refractivity contribution < 1.29 is 9.59 Å². The molecule has 0 bridgehead atoms. The van der Waals surface area contributed by atoms with Gasteiger partial charge in [-0.1, -0.05) is 23.2 Å². The molecule has 186 valence electrons. The van der Waals surface area contributed by atoms with Crippen molar-refractivity contribution in [2.75, 3.05) is 26.2 Å². The third-order valence-electron chi connectivity index (χ3n) is 7.84. The minimum Gasteiger partial charge on any atom is -0.351 e. The van der Waals surface area contributed by atoms with Gasteiger partial charge in [-0.25, -0.2) is 4.79 Å². The van der Waals surface area contributed by atoms with Crippen LogP contribution in [0.15, 0.2) is 28.9 Å². The Bertz CT molecular complexity index is 1150. The monoisotopic (exact) mass is 578 g/mol. The summed E-state index contributed by atoms with van der Waals surface area (Å²) in [5.41, 5.74) is 10.1. The van der Waals surface area contributed by atoms with Crippen LogP contribution >= 0.6 is 39.1 Å². The Kier molecular flexibility index (Phi) is 7.29. The number of hydrogen-bond donors (Lipinski definition) is 1. The predicted octanol–water partition coefficient (Wildman–Crippen LogP) is 5.41. The normalized spacial score (nSPS) is 22.5. The molecular formula is C26H29BrCl2N4O2. The zero-order chi connectivity index (χ0) is 24.7. The number of aromatic nitrogens is 1. The molecule has 0 spiro atoms. The van der Waals surface area contributed by atoms with Gasteiger partial charge >= 0.3 is 6.03 Å². The number of nitrogens with two attached hydrogens (primary N) is 1. The molecule has 3 aliphatic rings. The van der Waals surface area contributed by atoms with E-state index in [0.717, 1.165) is 60.9 Å². The number of urea groups is 1. The highest BCUT2D eigenvalue weighted by Gasteiger charge is 2.37. The lowest BCUT2D eigenvalue weighted by molar-refractivity contribution is -0.133. The summed E-state index contributed by atoms with van der Waals surface area (Å²) >= 11 is 16.8. The molecule has 2 saturated heterocycles. The van der Waals surface area contributed by atoms with E-state index in [-0.39, 0.29) is 17.7 Å². The average molecular weight is 580 g/mol. The van der Waals surface area contributed by atoms with Crippen LogP contribution in [0.3, 0.4) is 0 Å². The van der Waals surface area contributed by atoms with Crippen molar-refractivity contribution in [2.24, 2.45) is 17.6 Å². The standard InChI is InChI=1S/C26H29BrCl2N4O2/c27-19-10-18-2-1-17-11-20(28)12-21(29)23(17)24(25(18)31-13-19)16-4-7-32(8-5-16)22(34)9-15-3-6-33(14-15)26(30)35/h10-13,15-16,24H,1-9,14H2,(H2,30,35)/t15-,24+/m0/s1. The van der Waals surface area contributed by atoms with Crippen LogP contribution in [0.5, 0.6) is 0 Å². The van der Waals surface area contributed by atoms with E-state index in [4.69, 9.17) is 33.9 Å². The maximum atomic E-state index is 13.0. The summed E-state index contributed by atoms with van der Waals surface area (Å²) in [4.78, 5) is 32.9. The molecule has 9 heteroatoms. The van der Waals surface area contributed by atoms with E-state index in [2.05, 4.69) is 22.0 Å². The predicted molar refractivity (Wildman–Crippen MR) is 141 cm³/mol. The van der Waals surface area contributed by atoms with Crippen molar-refractivity contribution in [2.45, 2.75) is 44.4 Å². The fraction of sp³-hybridized carbons (Fsp3) is 0.500. The van der Waals surface area contributed by atoms with Gasteiger partial charge in [-0.3, -0.25) is 9.78 Å². The number of amides is 3. The molecule has 2 aliphatic heterocycles. The molecule has 0 unspecified atom stereocenters. The second-order valence-electron chi connectivity index (χ2n) is 10.00. The summed E-state index contributed by atoms with van der Waals surface area (Å²) in [5, 5.41) is 1.36. The number of carbonyl (C=O) groups excluding carboxylic acids is 2. The number of piperidine rings is 1. The first-order valence-corrected chi connectivity index (χ1v) is 13.8. The first-order valence-electron chi connectivity index (χ1n) is 12.2. The molecule has 5 rings (SSSR count). The maximum Gasteiger partial charge on any atom is 0.314 e. The molecule has 1 aromatic heterocycles. The van der Waals surface area contributed by atoms with Crippen molar-refractivity contribution >= 4 is 51.1 Å². The number of primary amides is 1. The fourth-order valence-electron chi connectivity index (χ4n) is 6.09. The Balaban J connectivity index is 1.34. The minimum absolute atomic E-state index is 0.0802. The number of nitrogens with zero attached hydrogens (tertiary/aromatic N) is 3. The molecule has 1 aromatic carbocycles. The second kappa shape index (κ2) is 10.3. The van der Waals surface area contributed by atoms with Crippen LogP contribution in [0, 0.1) is 11.8 Å². The van der Waals surface area contributed by atoms with Crippen molar-refractivity contribution in [3.05, 3.63) is 61.3 Å².